The van der Waals surface area contributed by atoms with Crippen molar-refractivity contribution in [1.82, 2.24) is 15.3 Å². The number of nitrogens with one attached hydrogen (secondary N) is 2. The van der Waals surface area contributed by atoms with E-state index < -0.39 is 0 Å². The van der Waals surface area contributed by atoms with E-state index >= 15 is 0 Å². The van der Waals surface area contributed by atoms with Crippen molar-refractivity contribution >= 4 is 26.7 Å². The van der Waals surface area contributed by atoms with Crippen LogP contribution in [-0.2, 0) is 0 Å². The predicted molar refractivity (Wildman–Crippen MR) is 105 cm³/mol. The van der Waals surface area contributed by atoms with E-state index in [0.717, 1.165) is 23.7 Å². The van der Waals surface area contributed by atoms with Crippen LogP contribution in [0, 0.1) is 5.92 Å². The third-order valence-corrected chi connectivity index (χ3v) is 4.65. The van der Waals surface area contributed by atoms with E-state index in [0.29, 0.717) is 12.0 Å². The minimum atomic E-state index is 0.494. The van der Waals surface area contributed by atoms with Gasteiger partial charge in [0.2, 0.25) is 0 Å². The van der Waals surface area contributed by atoms with Crippen molar-refractivity contribution in [3.05, 3.63) is 54.9 Å². The molecule has 3 heterocycles. The maximum absolute atomic E-state index is 4.53. The van der Waals surface area contributed by atoms with Gasteiger partial charge in [-0.25, -0.2) is 4.98 Å². The second-order valence-corrected chi connectivity index (χ2v) is 6.43. The van der Waals surface area contributed by atoms with Gasteiger partial charge in [0, 0.05) is 18.8 Å². The summed E-state index contributed by atoms with van der Waals surface area (Å²) in [7, 11) is 0. The van der Waals surface area contributed by atoms with Crippen LogP contribution in [0.1, 0.15) is 20.8 Å². The smallest absolute Gasteiger partial charge is 0.184 e. The summed E-state index contributed by atoms with van der Waals surface area (Å²) in [4.78, 5) is 8.60. The highest BCUT2D eigenvalue weighted by Crippen LogP contribution is 2.26. The molecule has 0 saturated carbocycles. The molecule has 0 amide bonds. The lowest BCUT2D eigenvalue weighted by atomic mass is 10.1. The summed E-state index contributed by atoms with van der Waals surface area (Å²) < 4.78 is 1.19. The Morgan fingerprint density at radius 2 is 1.75 bits per heavy atom. The Labute approximate surface area is 148 Å². The van der Waals surface area contributed by atoms with E-state index in [1.54, 1.807) is 11.3 Å². The van der Waals surface area contributed by atoms with Gasteiger partial charge in [0.15, 0.2) is 5.13 Å². The molecule has 24 heavy (non-hydrogen) atoms. The number of aromatic nitrogens is 2. The van der Waals surface area contributed by atoms with Crippen LogP contribution in [0.5, 0.6) is 0 Å². The van der Waals surface area contributed by atoms with E-state index in [4.69, 9.17) is 0 Å². The Bertz CT molecular complexity index is 639. The van der Waals surface area contributed by atoms with E-state index in [1.807, 2.05) is 68.7 Å². The molecule has 0 radical (unpaired) electrons. The number of benzene rings is 1. The Hall–Kier alpha value is -1.98. The summed E-state index contributed by atoms with van der Waals surface area (Å²) >= 11 is 1.70. The van der Waals surface area contributed by atoms with Gasteiger partial charge in [-0.1, -0.05) is 68.5 Å². The zero-order valence-corrected chi connectivity index (χ0v) is 15.4. The molecule has 1 aliphatic heterocycles. The molecule has 1 aliphatic rings. The van der Waals surface area contributed by atoms with E-state index in [1.165, 1.54) is 4.70 Å². The largest absolute Gasteiger partial charge is 0.357 e. The lowest BCUT2D eigenvalue weighted by molar-refractivity contribution is 0.595. The molecule has 1 aromatic carbocycles. The number of thiazole rings is 1. The number of anilines is 1. The van der Waals surface area contributed by atoms with Crippen LogP contribution in [-0.4, -0.2) is 29.1 Å². The van der Waals surface area contributed by atoms with Crippen molar-refractivity contribution in [3.63, 3.8) is 0 Å². The summed E-state index contributed by atoms with van der Waals surface area (Å²) in [5.41, 5.74) is 0.980. The lowest BCUT2D eigenvalue weighted by Gasteiger charge is -2.14. The van der Waals surface area contributed by atoms with Crippen molar-refractivity contribution in [2.75, 3.05) is 18.4 Å². The van der Waals surface area contributed by atoms with Crippen LogP contribution in [0.15, 0.2) is 54.9 Å². The topological polar surface area (TPSA) is 49.8 Å². The van der Waals surface area contributed by atoms with Crippen LogP contribution in [0.4, 0.5) is 5.13 Å². The van der Waals surface area contributed by atoms with E-state index in [-0.39, 0.29) is 0 Å². The SMILES string of the molecule is CC.CC1CNCC1Nc1nc2cnccc2s1.c1ccccc1. The number of hydrogen-bond acceptors (Lipinski definition) is 5. The van der Waals surface area contributed by atoms with Gasteiger partial charge in [0.25, 0.3) is 0 Å². The van der Waals surface area contributed by atoms with Gasteiger partial charge >= 0.3 is 0 Å². The molecule has 5 heteroatoms. The molecule has 0 aliphatic carbocycles. The molecule has 128 valence electrons. The summed E-state index contributed by atoms with van der Waals surface area (Å²) in [6.07, 6.45) is 3.62. The second-order valence-electron chi connectivity index (χ2n) is 5.40. The Balaban J connectivity index is 0.000000219. The molecular formula is C19H26N4S. The predicted octanol–water partition coefficient (Wildman–Crippen LogP) is 4.42. The van der Waals surface area contributed by atoms with Crippen LogP contribution in [0.3, 0.4) is 0 Å². The van der Waals surface area contributed by atoms with Gasteiger partial charge in [-0.15, -0.1) is 0 Å². The molecule has 2 unspecified atom stereocenters. The zero-order valence-electron chi connectivity index (χ0n) is 14.6. The van der Waals surface area contributed by atoms with Crippen molar-refractivity contribution < 1.29 is 0 Å². The monoisotopic (exact) mass is 342 g/mol. The van der Waals surface area contributed by atoms with Crippen molar-refractivity contribution in [1.29, 1.82) is 0 Å². The molecule has 0 spiro atoms. The first-order valence-electron chi connectivity index (χ1n) is 8.51. The molecule has 2 atom stereocenters. The van der Waals surface area contributed by atoms with Gasteiger partial charge in [0.1, 0.15) is 5.52 Å². The summed E-state index contributed by atoms with van der Waals surface area (Å²) in [5, 5.41) is 7.88. The number of fused-ring (bicyclic) bond motifs is 1. The van der Waals surface area contributed by atoms with Crippen LogP contribution >= 0.6 is 11.3 Å². The number of nitrogens with zero attached hydrogens (tertiary/aromatic N) is 2. The molecule has 1 fully saturated rings. The first kappa shape index (κ1) is 18.4. The fraction of sp³-hybridized carbons (Fsp3) is 0.368. The first-order chi connectivity index (χ1) is 11.8. The third-order valence-electron chi connectivity index (χ3n) is 3.68. The van der Waals surface area contributed by atoms with E-state index in [9.17, 15) is 0 Å². The van der Waals surface area contributed by atoms with Crippen molar-refractivity contribution in [2.45, 2.75) is 26.8 Å². The highest BCUT2D eigenvalue weighted by molar-refractivity contribution is 7.22. The van der Waals surface area contributed by atoms with Gasteiger partial charge < -0.3 is 10.6 Å². The average molecular weight is 343 g/mol. The minimum Gasteiger partial charge on any atom is -0.357 e. The molecule has 1 saturated heterocycles. The van der Waals surface area contributed by atoms with E-state index in [2.05, 4.69) is 27.5 Å². The maximum Gasteiger partial charge on any atom is 0.184 e. The molecule has 0 bridgehead atoms. The van der Waals surface area contributed by atoms with Crippen molar-refractivity contribution in [3.8, 4) is 0 Å². The fourth-order valence-electron chi connectivity index (χ4n) is 2.39. The minimum absolute atomic E-state index is 0.494. The molecule has 2 N–H and O–H groups in total. The Kier molecular flexibility index (Phi) is 7.65. The quantitative estimate of drug-likeness (QED) is 0.723. The highest BCUT2D eigenvalue weighted by atomic mass is 32.1. The summed E-state index contributed by atoms with van der Waals surface area (Å²) in [6, 6.07) is 14.5. The molecular weight excluding hydrogens is 316 g/mol. The Morgan fingerprint density at radius 3 is 2.29 bits per heavy atom. The molecule has 2 aromatic heterocycles. The first-order valence-corrected chi connectivity index (χ1v) is 9.32. The van der Waals surface area contributed by atoms with Gasteiger partial charge in [0.05, 0.1) is 10.9 Å². The zero-order chi connectivity index (χ0) is 17.2. The van der Waals surface area contributed by atoms with Gasteiger partial charge in [-0.05, 0) is 18.5 Å². The number of pyridine rings is 1. The number of hydrogen-bond donors (Lipinski definition) is 2. The summed E-state index contributed by atoms with van der Waals surface area (Å²) in [5.74, 6) is 0.658. The molecule has 4 nitrogen and oxygen atoms in total. The second kappa shape index (κ2) is 10.0. The van der Waals surface area contributed by atoms with Crippen LogP contribution in [0.2, 0.25) is 0 Å². The van der Waals surface area contributed by atoms with Gasteiger partial charge in [-0.3, -0.25) is 4.98 Å². The van der Waals surface area contributed by atoms with Crippen molar-refractivity contribution in [2.24, 2.45) is 5.92 Å². The summed E-state index contributed by atoms with van der Waals surface area (Å²) in [6.45, 7) is 8.37. The molecule has 4 rings (SSSR count). The standard InChI is InChI=1S/C11H14N4S.C6H6.C2H6/c1-7-4-13-5-8(7)14-11-15-9-6-12-3-2-10(9)16-11;1-2-4-6-5-3-1;1-2/h2-3,6-8,13H,4-5H2,1H3,(H,14,15);1-6H;1-2H3. The highest BCUT2D eigenvalue weighted by Gasteiger charge is 2.23. The van der Waals surface area contributed by atoms with Crippen LogP contribution < -0.4 is 10.6 Å². The number of rotatable bonds is 2. The van der Waals surface area contributed by atoms with Crippen LogP contribution in [0.25, 0.3) is 10.2 Å². The fourth-order valence-corrected chi connectivity index (χ4v) is 3.28. The third kappa shape index (κ3) is 5.28. The molecule has 3 aromatic rings. The van der Waals surface area contributed by atoms with Gasteiger partial charge in [-0.2, -0.15) is 0 Å². The average Bonchev–Trinajstić information content (AvgIpc) is 3.25. The normalized spacial score (nSPS) is 19.0. The Morgan fingerprint density at radius 1 is 1.08 bits per heavy atom. The lowest BCUT2D eigenvalue weighted by Crippen LogP contribution is -2.26. The maximum atomic E-state index is 4.53.